The zero-order chi connectivity index (χ0) is 13.7. The summed E-state index contributed by atoms with van der Waals surface area (Å²) in [7, 11) is 0.575. The fourth-order valence-corrected chi connectivity index (χ4v) is 1.30. The Balaban J connectivity index is 4.15. The van der Waals surface area contributed by atoms with Crippen molar-refractivity contribution >= 4 is 13.8 Å². The Hall–Kier alpha value is -0.500. The molecule has 17 heavy (non-hydrogen) atoms. The predicted molar refractivity (Wildman–Crippen MR) is 55.6 cm³/mol. The lowest BCUT2D eigenvalue weighted by Gasteiger charge is -2.24. The molecule has 2 N–H and O–H groups in total. The maximum atomic E-state index is 11.3. The Morgan fingerprint density at radius 1 is 1.47 bits per heavy atom. The van der Waals surface area contributed by atoms with Crippen LogP contribution in [0.25, 0.3) is 0 Å². The van der Waals surface area contributed by atoms with E-state index >= 15 is 0 Å². The second-order valence-electron chi connectivity index (χ2n) is 4.43. The Bertz CT molecular complexity index is 295. The third-order valence-electron chi connectivity index (χ3n) is 1.70. The molecule has 0 fully saturated rings. The molecule has 0 saturated carbocycles. The van der Waals surface area contributed by atoms with Gasteiger partial charge in [0.15, 0.2) is 6.10 Å². The van der Waals surface area contributed by atoms with Gasteiger partial charge in [0.2, 0.25) is 0 Å². The number of hydrogen-bond donors (Lipinski definition) is 2. The first kappa shape index (κ1) is 16.5. The Labute approximate surface area is 99.6 Å². The van der Waals surface area contributed by atoms with Gasteiger partial charge in [-0.25, -0.2) is 4.79 Å². The van der Waals surface area contributed by atoms with Crippen LogP contribution in [0.3, 0.4) is 0 Å². The predicted octanol–water partition coefficient (Wildman–Crippen LogP) is -1.93. The molecule has 0 radical (unpaired) electrons. The normalized spacial score (nSPS) is 17.3. The number of phosphoric acid groups is 1. The van der Waals surface area contributed by atoms with Crippen LogP contribution in [0.2, 0.25) is 0 Å². The van der Waals surface area contributed by atoms with Crippen LogP contribution in [0.5, 0.6) is 0 Å². The van der Waals surface area contributed by atoms with E-state index in [-0.39, 0.29) is 6.61 Å². The third kappa shape index (κ3) is 9.22. The van der Waals surface area contributed by atoms with E-state index in [0.717, 1.165) is 0 Å². The maximum Gasteiger partial charge on any atom is 0.338 e. The van der Waals surface area contributed by atoms with E-state index < -0.39 is 26.5 Å². The van der Waals surface area contributed by atoms with Crippen LogP contribution in [-0.2, 0) is 18.6 Å². The number of aliphatic hydroxyl groups excluding tert-OH is 1. The van der Waals surface area contributed by atoms with Crippen molar-refractivity contribution in [2.24, 2.45) is 0 Å². The molecule has 0 rings (SSSR count). The molecule has 0 aliphatic carbocycles. The van der Waals surface area contributed by atoms with Crippen LogP contribution in [0, 0.1) is 0 Å². The van der Waals surface area contributed by atoms with Crippen molar-refractivity contribution in [2.45, 2.75) is 6.10 Å². The number of likely N-dealkylation sites (N-methyl/N-ethyl adjacent to an activating group) is 1. The highest BCUT2D eigenvalue weighted by molar-refractivity contribution is 7.44. The van der Waals surface area contributed by atoms with Gasteiger partial charge in [0.25, 0.3) is 7.82 Å². The molecular weight excluding hydrogens is 253 g/mol. The molecule has 0 aliphatic heterocycles. The van der Waals surface area contributed by atoms with Gasteiger partial charge in [0.05, 0.1) is 27.7 Å². The molecule has 0 spiro atoms. The van der Waals surface area contributed by atoms with E-state index in [1.807, 2.05) is 21.1 Å². The summed E-state index contributed by atoms with van der Waals surface area (Å²) in [4.78, 5) is 30.0. The standard InChI is InChI=1S/C8H18NO7P/c1-9(2,3)4-5-15-8(11)7(6-10)16-17(12,13)14/h7,10H,4-6H2,1-3H3,(H-,12,13,14). The summed E-state index contributed by atoms with van der Waals surface area (Å²) in [6.07, 6.45) is -1.73. The summed E-state index contributed by atoms with van der Waals surface area (Å²) < 4.78 is 19.6. The minimum absolute atomic E-state index is 0.0524. The zero-order valence-corrected chi connectivity index (χ0v) is 10.9. The van der Waals surface area contributed by atoms with Crippen LogP contribution >= 0.6 is 7.82 Å². The zero-order valence-electron chi connectivity index (χ0n) is 10.0. The largest absolute Gasteiger partial charge is 0.756 e. The van der Waals surface area contributed by atoms with E-state index in [1.165, 1.54) is 0 Å². The van der Waals surface area contributed by atoms with E-state index in [9.17, 15) is 14.3 Å². The number of nitrogens with zero attached hydrogens (tertiary/aromatic N) is 1. The van der Waals surface area contributed by atoms with Crippen LogP contribution in [-0.4, -0.2) is 67.5 Å². The molecule has 2 unspecified atom stereocenters. The number of rotatable bonds is 7. The van der Waals surface area contributed by atoms with Gasteiger partial charge in [-0.3, -0.25) is 4.57 Å². The molecule has 0 aromatic carbocycles. The Morgan fingerprint density at radius 3 is 2.35 bits per heavy atom. The smallest absolute Gasteiger partial charge is 0.338 e. The minimum Gasteiger partial charge on any atom is -0.756 e. The van der Waals surface area contributed by atoms with Crippen molar-refractivity contribution in [3.63, 3.8) is 0 Å². The molecule has 8 nitrogen and oxygen atoms in total. The lowest BCUT2D eigenvalue weighted by molar-refractivity contribution is -0.870. The molecule has 0 aromatic heterocycles. The summed E-state index contributed by atoms with van der Waals surface area (Å²) in [5.41, 5.74) is 0. The topological polar surface area (TPSA) is 116 Å². The molecular formula is C8H18NO7P. The van der Waals surface area contributed by atoms with E-state index in [4.69, 9.17) is 14.7 Å². The van der Waals surface area contributed by atoms with Crippen molar-refractivity contribution in [1.82, 2.24) is 0 Å². The van der Waals surface area contributed by atoms with Crippen LogP contribution in [0.1, 0.15) is 0 Å². The quantitative estimate of drug-likeness (QED) is 0.315. The van der Waals surface area contributed by atoms with Gasteiger partial charge < -0.3 is 28.6 Å². The summed E-state index contributed by atoms with van der Waals surface area (Å²) >= 11 is 0. The molecule has 102 valence electrons. The number of quaternary nitrogens is 1. The van der Waals surface area contributed by atoms with Gasteiger partial charge in [-0.05, 0) is 0 Å². The van der Waals surface area contributed by atoms with Gasteiger partial charge in [-0.1, -0.05) is 0 Å². The molecule has 0 aliphatic rings. The summed E-state index contributed by atoms with van der Waals surface area (Å²) in [6, 6.07) is 0. The third-order valence-corrected chi connectivity index (χ3v) is 2.22. The second-order valence-corrected chi connectivity index (χ2v) is 5.57. The number of hydrogen-bond acceptors (Lipinski definition) is 6. The van der Waals surface area contributed by atoms with E-state index in [0.29, 0.717) is 11.0 Å². The van der Waals surface area contributed by atoms with Gasteiger partial charge in [0, 0.05) is 0 Å². The maximum absolute atomic E-state index is 11.3. The molecule has 0 heterocycles. The van der Waals surface area contributed by atoms with Crippen molar-refractivity contribution in [3.05, 3.63) is 0 Å². The van der Waals surface area contributed by atoms with E-state index in [1.54, 1.807) is 0 Å². The van der Waals surface area contributed by atoms with Crippen LogP contribution in [0.15, 0.2) is 0 Å². The second kappa shape index (κ2) is 6.44. The first-order valence-corrected chi connectivity index (χ1v) is 6.35. The average molecular weight is 271 g/mol. The molecule has 0 aromatic rings. The molecule has 2 atom stereocenters. The van der Waals surface area contributed by atoms with Gasteiger partial charge in [0.1, 0.15) is 13.2 Å². The fourth-order valence-electron chi connectivity index (χ4n) is 0.825. The first-order chi connectivity index (χ1) is 7.55. The van der Waals surface area contributed by atoms with Crippen molar-refractivity contribution in [3.8, 4) is 0 Å². The molecule has 9 heteroatoms. The van der Waals surface area contributed by atoms with Crippen LogP contribution < -0.4 is 4.89 Å². The summed E-state index contributed by atoms with van der Waals surface area (Å²) in [6.45, 7) is -0.329. The number of carbonyl (C=O) groups is 1. The lowest BCUT2D eigenvalue weighted by Crippen LogP contribution is -2.39. The van der Waals surface area contributed by atoms with Crippen molar-refractivity contribution in [2.75, 3.05) is 40.9 Å². The highest BCUT2D eigenvalue weighted by atomic mass is 31.2. The molecule has 0 bridgehead atoms. The number of aliphatic hydroxyl groups is 1. The van der Waals surface area contributed by atoms with E-state index in [2.05, 4.69) is 4.52 Å². The number of esters is 1. The average Bonchev–Trinajstić information content (AvgIpc) is 2.10. The number of ether oxygens (including phenoxy) is 1. The van der Waals surface area contributed by atoms with Gasteiger partial charge in [-0.15, -0.1) is 0 Å². The fraction of sp³-hybridized carbons (Fsp3) is 0.875. The van der Waals surface area contributed by atoms with Gasteiger partial charge >= 0.3 is 5.97 Å². The lowest BCUT2D eigenvalue weighted by atomic mass is 10.4. The Morgan fingerprint density at radius 2 is 2.00 bits per heavy atom. The van der Waals surface area contributed by atoms with Crippen LogP contribution in [0.4, 0.5) is 0 Å². The highest BCUT2D eigenvalue weighted by Gasteiger charge is 2.24. The first-order valence-electron chi connectivity index (χ1n) is 4.85. The van der Waals surface area contributed by atoms with Gasteiger partial charge in [-0.2, -0.15) is 0 Å². The SMILES string of the molecule is C[N+](C)(C)CCOC(=O)C(CO)OP(=O)([O-])O. The number of carbonyl (C=O) groups excluding carboxylic acids is 1. The minimum atomic E-state index is -5.07. The summed E-state index contributed by atoms with van der Waals surface area (Å²) in [5.74, 6) is -1.04. The summed E-state index contributed by atoms with van der Waals surface area (Å²) in [5, 5.41) is 8.72. The Kier molecular flexibility index (Phi) is 6.25. The monoisotopic (exact) mass is 271 g/mol. The highest BCUT2D eigenvalue weighted by Crippen LogP contribution is 2.32. The molecule has 0 amide bonds. The number of phosphoric ester groups is 1. The molecule has 0 saturated heterocycles. The van der Waals surface area contributed by atoms with Crippen molar-refractivity contribution < 1.29 is 38.0 Å². The van der Waals surface area contributed by atoms with Crippen molar-refractivity contribution in [1.29, 1.82) is 0 Å².